The van der Waals surface area contributed by atoms with E-state index in [4.69, 9.17) is 0 Å². The molecule has 0 unspecified atom stereocenters. The van der Waals surface area contributed by atoms with Crippen molar-refractivity contribution in [3.63, 3.8) is 0 Å². The number of nitriles is 1. The van der Waals surface area contributed by atoms with E-state index in [9.17, 15) is 9.65 Å². The first-order chi connectivity index (χ1) is 9.60. The monoisotopic (exact) mass is 266 g/mol. The van der Waals surface area contributed by atoms with Crippen LogP contribution in [0.3, 0.4) is 0 Å². The van der Waals surface area contributed by atoms with Crippen molar-refractivity contribution < 1.29 is 4.39 Å². The zero-order valence-electron chi connectivity index (χ0n) is 11.1. The van der Waals surface area contributed by atoms with Crippen LogP contribution in [-0.2, 0) is 0 Å². The maximum atomic E-state index is 13.7. The summed E-state index contributed by atoms with van der Waals surface area (Å²) in [5.41, 5.74) is 2.48. The molecule has 20 heavy (non-hydrogen) atoms. The predicted octanol–water partition coefficient (Wildman–Crippen LogP) is 3.05. The molecule has 2 aromatic heterocycles. The molecule has 1 aromatic carbocycles. The van der Waals surface area contributed by atoms with Crippen LogP contribution in [0.2, 0.25) is 0 Å². The van der Waals surface area contributed by atoms with E-state index in [0.717, 1.165) is 11.2 Å². The van der Waals surface area contributed by atoms with E-state index in [1.54, 1.807) is 36.0 Å². The van der Waals surface area contributed by atoms with Crippen molar-refractivity contribution in [3.8, 4) is 12.0 Å². The first-order valence-electron chi connectivity index (χ1n) is 6.11. The van der Waals surface area contributed by atoms with Crippen molar-refractivity contribution in [2.24, 2.45) is 0 Å². The van der Waals surface area contributed by atoms with Crippen LogP contribution in [0.4, 0.5) is 4.39 Å². The molecule has 3 aromatic rings. The number of aryl methyl sites for hydroxylation is 2. The standard InChI is InChI=1S/C15H11FN4/c1-9-5-14-12(6-13(9)16)11(7-17)8-20(14)15-18-4-3-10(2)19-15/h3-6,8H,1-2H3. The number of hydrogen-bond donors (Lipinski definition) is 0. The number of nitrogens with zero attached hydrogens (tertiary/aromatic N) is 4. The van der Waals surface area contributed by atoms with Crippen LogP contribution >= 0.6 is 0 Å². The van der Waals surface area contributed by atoms with E-state index >= 15 is 0 Å². The number of hydrogen-bond acceptors (Lipinski definition) is 3. The van der Waals surface area contributed by atoms with Gasteiger partial charge in [-0.05, 0) is 37.6 Å². The zero-order chi connectivity index (χ0) is 14.3. The van der Waals surface area contributed by atoms with Crippen LogP contribution in [0.25, 0.3) is 16.9 Å². The van der Waals surface area contributed by atoms with E-state index in [-0.39, 0.29) is 5.82 Å². The minimum Gasteiger partial charge on any atom is -0.284 e. The third-order valence-electron chi connectivity index (χ3n) is 3.20. The quantitative estimate of drug-likeness (QED) is 0.680. The summed E-state index contributed by atoms with van der Waals surface area (Å²) in [5.74, 6) is 0.152. The third-order valence-corrected chi connectivity index (χ3v) is 3.20. The molecular formula is C15H11FN4. The number of rotatable bonds is 1. The molecule has 0 aliphatic carbocycles. The van der Waals surface area contributed by atoms with Crippen LogP contribution in [0.15, 0.2) is 30.6 Å². The highest BCUT2D eigenvalue weighted by molar-refractivity contribution is 5.88. The molecule has 0 amide bonds. The number of aromatic nitrogens is 3. The number of fused-ring (bicyclic) bond motifs is 1. The smallest absolute Gasteiger partial charge is 0.234 e. The summed E-state index contributed by atoms with van der Waals surface area (Å²) < 4.78 is 15.4. The van der Waals surface area contributed by atoms with Crippen molar-refractivity contribution in [1.82, 2.24) is 14.5 Å². The first kappa shape index (κ1) is 12.3. The number of benzene rings is 1. The molecule has 0 N–H and O–H groups in total. The van der Waals surface area contributed by atoms with Gasteiger partial charge in [0.1, 0.15) is 11.9 Å². The Morgan fingerprint density at radius 1 is 1.30 bits per heavy atom. The Morgan fingerprint density at radius 3 is 2.80 bits per heavy atom. The lowest BCUT2D eigenvalue weighted by atomic mass is 10.1. The molecule has 3 rings (SSSR count). The molecule has 0 aliphatic rings. The third kappa shape index (κ3) is 1.82. The molecule has 0 saturated carbocycles. The Hall–Kier alpha value is -2.74. The average Bonchev–Trinajstić information content (AvgIpc) is 2.77. The van der Waals surface area contributed by atoms with Gasteiger partial charge < -0.3 is 0 Å². The Balaban J connectivity index is 2.37. The fourth-order valence-electron chi connectivity index (χ4n) is 2.16. The maximum absolute atomic E-state index is 13.7. The van der Waals surface area contributed by atoms with Gasteiger partial charge in [0.25, 0.3) is 0 Å². The van der Waals surface area contributed by atoms with E-state index in [1.807, 2.05) is 6.92 Å². The van der Waals surface area contributed by atoms with Crippen molar-refractivity contribution in [2.45, 2.75) is 13.8 Å². The van der Waals surface area contributed by atoms with Gasteiger partial charge in [-0.15, -0.1) is 0 Å². The SMILES string of the molecule is Cc1ccnc(-n2cc(C#N)c3cc(F)c(C)cc32)n1. The van der Waals surface area contributed by atoms with E-state index < -0.39 is 0 Å². The van der Waals surface area contributed by atoms with Gasteiger partial charge in [0, 0.05) is 23.5 Å². The summed E-state index contributed by atoms with van der Waals surface area (Å²) in [6.45, 7) is 3.56. The highest BCUT2D eigenvalue weighted by Crippen LogP contribution is 2.26. The topological polar surface area (TPSA) is 54.5 Å². The second-order valence-corrected chi connectivity index (χ2v) is 4.64. The first-order valence-corrected chi connectivity index (χ1v) is 6.11. The van der Waals surface area contributed by atoms with Gasteiger partial charge in [-0.1, -0.05) is 0 Å². The molecule has 0 atom stereocenters. The minimum absolute atomic E-state index is 0.322. The Morgan fingerprint density at radius 2 is 2.10 bits per heavy atom. The summed E-state index contributed by atoms with van der Waals surface area (Å²) in [7, 11) is 0. The fraction of sp³-hybridized carbons (Fsp3) is 0.133. The van der Waals surface area contributed by atoms with Gasteiger partial charge in [-0.2, -0.15) is 5.26 Å². The van der Waals surface area contributed by atoms with Crippen LogP contribution in [0, 0.1) is 31.0 Å². The van der Waals surface area contributed by atoms with E-state index in [1.165, 1.54) is 6.07 Å². The van der Waals surface area contributed by atoms with Crippen molar-refractivity contribution in [3.05, 3.63) is 53.2 Å². The van der Waals surface area contributed by atoms with Crippen molar-refractivity contribution >= 4 is 10.9 Å². The van der Waals surface area contributed by atoms with Crippen LogP contribution in [-0.4, -0.2) is 14.5 Å². The van der Waals surface area contributed by atoms with Gasteiger partial charge in [0.15, 0.2) is 0 Å². The molecule has 0 radical (unpaired) electrons. The molecule has 5 heteroatoms. The summed E-state index contributed by atoms with van der Waals surface area (Å²) >= 11 is 0. The molecule has 0 saturated heterocycles. The second-order valence-electron chi connectivity index (χ2n) is 4.64. The summed E-state index contributed by atoms with van der Waals surface area (Å²) in [6, 6.07) is 6.97. The molecular weight excluding hydrogens is 255 g/mol. The van der Waals surface area contributed by atoms with Crippen LogP contribution in [0.5, 0.6) is 0 Å². The Bertz CT molecular complexity index is 858. The largest absolute Gasteiger partial charge is 0.284 e. The lowest BCUT2D eigenvalue weighted by molar-refractivity contribution is 0.620. The van der Waals surface area contributed by atoms with Gasteiger partial charge in [-0.3, -0.25) is 4.57 Å². The predicted molar refractivity (Wildman–Crippen MR) is 73.0 cm³/mol. The highest BCUT2D eigenvalue weighted by Gasteiger charge is 2.13. The molecule has 0 aliphatic heterocycles. The second kappa shape index (κ2) is 4.42. The van der Waals surface area contributed by atoms with Crippen LogP contribution in [0.1, 0.15) is 16.8 Å². The molecule has 0 bridgehead atoms. The molecule has 0 fully saturated rings. The Kier molecular flexibility index (Phi) is 2.72. The van der Waals surface area contributed by atoms with Crippen LogP contribution < -0.4 is 0 Å². The average molecular weight is 266 g/mol. The lowest BCUT2D eigenvalue weighted by Gasteiger charge is -2.05. The molecule has 4 nitrogen and oxygen atoms in total. The van der Waals surface area contributed by atoms with E-state index in [2.05, 4.69) is 16.0 Å². The normalized spacial score (nSPS) is 10.7. The lowest BCUT2D eigenvalue weighted by Crippen LogP contribution is -2.00. The van der Waals surface area contributed by atoms with Crippen molar-refractivity contribution in [1.29, 1.82) is 5.26 Å². The van der Waals surface area contributed by atoms with Gasteiger partial charge >= 0.3 is 0 Å². The molecule has 2 heterocycles. The molecule has 98 valence electrons. The zero-order valence-corrected chi connectivity index (χ0v) is 11.1. The van der Waals surface area contributed by atoms with Crippen molar-refractivity contribution in [2.75, 3.05) is 0 Å². The highest BCUT2D eigenvalue weighted by atomic mass is 19.1. The van der Waals surface area contributed by atoms with Gasteiger partial charge in [0.05, 0.1) is 11.1 Å². The summed E-state index contributed by atoms with van der Waals surface area (Å²) in [5, 5.41) is 9.75. The van der Waals surface area contributed by atoms with Gasteiger partial charge in [0.2, 0.25) is 5.95 Å². The van der Waals surface area contributed by atoms with Gasteiger partial charge in [-0.25, -0.2) is 14.4 Å². The minimum atomic E-state index is -0.322. The number of halogens is 1. The summed E-state index contributed by atoms with van der Waals surface area (Å²) in [4.78, 5) is 8.55. The summed E-state index contributed by atoms with van der Waals surface area (Å²) in [6.07, 6.45) is 3.30. The molecule has 0 spiro atoms. The van der Waals surface area contributed by atoms with E-state index in [0.29, 0.717) is 22.5 Å². The fourth-order valence-corrected chi connectivity index (χ4v) is 2.16. The maximum Gasteiger partial charge on any atom is 0.234 e. The Labute approximate surface area is 115 Å².